The monoisotopic (exact) mass is 682 g/mol. The number of ether oxygens (including phenoxy) is 1. The van der Waals surface area contributed by atoms with Gasteiger partial charge in [0, 0.05) is 67.1 Å². The molecular formula is C35H40ClFN4O5S. The predicted molar refractivity (Wildman–Crippen MR) is 180 cm³/mol. The molecule has 47 heavy (non-hydrogen) atoms. The van der Waals surface area contributed by atoms with Crippen LogP contribution in [-0.4, -0.2) is 96.2 Å². The summed E-state index contributed by atoms with van der Waals surface area (Å²) in [6, 6.07) is 10.1. The van der Waals surface area contributed by atoms with Crippen LogP contribution in [-0.2, 0) is 25.5 Å². The van der Waals surface area contributed by atoms with E-state index in [0.717, 1.165) is 61.6 Å². The average molecular weight is 683 g/mol. The molecule has 3 fully saturated rings. The second kappa shape index (κ2) is 14.8. The summed E-state index contributed by atoms with van der Waals surface area (Å²) in [4.78, 5) is 55.9. The number of carbonyl (C=O) groups is 4. The number of likely N-dealkylation sites (tertiary alicyclic amines) is 1. The van der Waals surface area contributed by atoms with Crippen LogP contribution >= 0.6 is 22.9 Å². The lowest BCUT2D eigenvalue weighted by molar-refractivity contribution is -0.133. The number of benzene rings is 2. The van der Waals surface area contributed by atoms with Crippen molar-refractivity contribution in [1.82, 2.24) is 14.7 Å². The first-order valence-corrected chi connectivity index (χ1v) is 17.6. The van der Waals surface area contributed by atoms with Crippen LogP contribution in [0.3, 0.4) is 0 Å². The van der Waals surface area contributed by atoms with Crippen LogP contribution < -0.4 is 5.32 Å². The first-order valence-electron chi connectivity index (χ1n) is 16.3. The van der Waals surface area contributed by atoms with Gasteiger partial charge in [0.15, 0.2) is 0 Å². The van der Waals surface area contributed by atoms with Crippen molar-refractivity contribution < 1.29 is 28.3 Å². The standard InChI is InChI=1S/C35H40ClFN4O5S/c1-22(43)39-10-12-40(13-11-39)25-16-26(20-46-27-8-6-23(19-42)7-9-27)41(18-25)34(44)15-24-14-30(36)32(17-31(24)37)38-35(45)29-21-47-33-5-3-2-4-28(29)33/h2-5,14,17,19,21,23,25-27H,6-13,15-16,18,20H2,1H3,(H,38,45)/t23-,25-,26-,27-/m0/s1. The van der Waals surface area contributed by atoms with Gasteiger partial charge in [0.1, 0.15) is 12.1 Å². The Bertz CT molecular complexity index is 1640. The number of aldehydes is 1. The largest absolute Gasteiger partial charge is 0.376 e. The number of carbonyl (C=O) groups excluding carboxylic acids is 4. The molecule has 0 spiro atoms. The van der Waals surface area contributed by atoms with E-state index in [1.165, 1.54) is 23.5 Å². The molecule has 3 heterocycles. The molecule has 250 valence electrons. The predicted octanol–water partition coefficient (Wildman–Crippen LogP) is 5.40. The highest BCUT2D eigenvalue weighted by Crippen LogP contribution is 2.32. The lowest BCUT2D eigenvalue weighted by atomic mass is 9.88. The Kier molecular flexibility index (Phi) is 10.6. The highest BCUT2D eigenvalue weighted by Gasteiger charge is 2.39. The molecule has 6 rings (SSSR count). The SMILES string of the molecule is CC(=O)N1CCN([C@H]2C[C@@H](CO[C@H]3CC[C@H](C=O)CC3)N(C(=O)Cc3cc(Cl)c(NC(=O)c4csc5ccccc45)cc3F)C2)CC1. The summed E-state index contributed by atoms with van der Waals surface area (Å²) in [5.74, 6) is -1.07. The third-order valence-corrected chi connectivity index (χ3v) is 11.2. The summed E-state index contributed by atoms with van der Waals surface area (Å²) in [6.45, 7) is 5.20. The van der Waals surface area contributed by atoms with Crippen molar-refractivity contribution in [3.63, 3.8) is 0 Å². The maximum atomic E-state index is 15.5. The number of nitrogens with zero attached hydrogens (tertiary/aromatic N) is 3. The van der Waals surface area contributed by atoms with E-state index in [0.29, 0.717) is 31.8 Å². The summed E-state index contributed by atoms with van der Waals surface area (Å²) in [7, 11) is 0. The molecule has 0 bridgehead atoms. The first kappa shape index (κ1) is 33.5. The van der Waals surface area contributed by atoms with E-state index < -0.39 is 5.82 Å². The molecule has 1 aliphatic carbocycles. The van der Waals surface area contributed by atoms with Crippen molar-refractivity contribution in [2.45, 2.75) is 63.6 Å². The first-order chi connectivity index (χ1) is 22.7. The molecule has 0 unspecified atom stereocenters. The van der Waals surface area contributed by atoms with Gasteiger partial charge in [-0.25, -0.2) is 4.39 Å². The zero-order chi connectivity index (χ0) is 33.1. The number of fused-ring (bicyclic) bond motifs is 1. The van der Waals surface area contributed by atoms with Crippen LogP contribution in [0.1, 0.15) is 54.9 Å². The van der Waals surface area contributed by atoms with Gasteiger partial charge in [-0.2, -0.15) is 0 Å². The molecule has 1 N–H and O–H groups in total. The van der Waals surface area contributed by atoms with Gasteiger partial charge < -0.3 is 24.6 Å². The maximum Gasteiger partial charge on any atom is 0.257 e. The van der Waals surface area contributed by atoms with Crippen LogP contribution in [0.15, 0.2) is 41.8 Å². The molecule has 2 aliphatic heterocycles. The van der Waals surface area contributed by atoms with Crippen LogP contribution in [0.25, 0.3) is 10.1 Å². The van der Waals surface area contributed by atoms with E-state index in [1.807, 2.05) is 34.1 Å². The Morgan fingerprint density at radius 3 is 2.55 bits per heavy atom. The fraction of sp³-hybridized carbons (Fsp3) is 0.486. The number of thiophene rings is 1. The van der Waals surface area contributed by atoms with Gasteiger partial charge in [0.2, 0.25) is 11.8 Å². The van der Waals surface area contributed by atoms with Crippen LogP contribution in [0.2, 0.25) is 5.02 Å². The Hall–Kier alpha value is -3.38. The van der Waals surface area contributed by atoms with Crippen LogP contribution in [0, 0.1) is 11.7 Å². The minimum atomic E-state index is -0.621. The minimum Gasteiger partial charge on any atom is -0.376 e. The molecule has 9 nitrogen and oxygen atoms in total. The van der Waals surface area contributed by atoms with Crippen molar-refractivity contribution in [2.75, 3.05) is 44.6 Å². The van der Waals surface area contributed by atoms with Gasteiger partial charge in [0.25, 0.3) is 5.91 Å². The second-order valence-corrected chi connectivity index (χ2v) is 14.2. The number of amides is 3. The van der Waals surface area contributed by atoms with Crippen molar-refractivity contribution in [2.24, 2.45) is 5.92 Å². The summed E-state index contributed by atoms with van der Waals surface area (Å²) in [5.41, 5.74) is 0.782. The second-order valence-electron chi connectivity index (χ2n) is 12.8. The van der Waals surface area contributed by atoms with Crippen molar-refractivity contribution in [3.8, 4) is 0 Å². The smallest absolute Gasteiger partial charge is 0.257 e. The molecular weight excluding hydrogens is 643 g/mol. The summed E-state index contributed by atoms with van der Waals surface area (Å²) < 4.78 is 22.8. The van der Waals surface area contributed by atoms with Crippen LogP contribution in [0.4, 0.5) is 10.1 Å². The topological polar surface area (TPSA) is 99.3 Å². The van der Waals surface area contributed by atoms with Crippen molar-refractivity contribution in [1.29, 1.82) is 0 Å². The molecule has 1 saturated carbocycles. The molecule has 0 radical (unpaired) electrons. The Labute approximate surface area is 283 Å². The zero-order valence-corrected chi connectivity index (χ0v) is 28.0. The molecule has 2 aromatic carbocycles. The lowest BCUT2D eigenvalue weighted by Gasteiger charge is -2.37. The van der Waals surface area contributed by atoms with Gasteiger partial charge in [-0.15, -0.1) is 11.3 Å². The summed E-state index contributed by atoms with van der Waals surface area (Å²) in [6.07, 6.45) is 4.87. The molecule has 3 amide bonds. The average Bonchev–Trinajstić information content (AvgIpc) is 3.71. The van der Waals surface area contributed by atoms with Gasteiger partial charge in [-0.1, -0.05) is 29.8 Å². The van der Waals surface area contributed by atoms with Gasteiger partial charge in [-0.05, 0) is 55.9 Å². The van der Waals surface area contributed by atoms with E-state index in [1.54, 1.807) is 12.3 Å². The minimum absolute atomic E-state index is 0.0485. The summed E-state index contributed by atoms with van der Waals surface area (Å²) >= 11 is 7.99. The number of rotatable bonds is 9. The number of halogens is 2. The number of hydrogen-bond acceptors (Lipinski definition) is 7. The number of anilines is 1. The fourth-order valence-electron chi connectivity index (χ4n) is 7.09. The van der Waals surface area contributed by atoms with Crippen molar-refractivity contribution in [3.05, 3.63) is 63.7 Å². The molecule has 12 heteroatoms. The number of nitrogens with one attached hydrogen (secondary N) is 1. The van der Waals surface area contributed by atoms with E-state index in [4.69, 9.17) is 16.3 Å². The van der Waals surface area contributed by atoms with E-state index in [2.05, 4.69) is 10.2 Å². The highest BCUT2D eigenvalue weighted by atomic mass is 35.5. The maximum absolute atomic E-state index is 15.5. The number of hydrogen-bond donors (Lipinski definition) is 1. The molecule has 2 saturated heterocycles. The molecule has 3 aliphatic rings. The normalized spacial score (nSPS) is 23.6. The van der Waals surface area contributed by atoms with E-state index in [-0.39, 0.29) is 64.5 Å². The molecule has 1 aromatic heterocycles. The van der Waals surface area contributed by atoms with Gasteiger partial charge in [-0.3, -0.25) is 19.3 Å². The third-order valence-electron chi connectivity index (χ3n) is 9.88. The van der Waals surface area contributed by atoms with Gasteiger partial charge in [0.05, 0.1) is 41.4 Å². The van der Waals surface area contributed by atoms with Gasteiger partial charge >= 0.3 is 0 Å². The zero-order valence-electron chi connectivity index (χ0n) is 26.5. The Morgan fingerprint density at radius 2 is 1.83 bits per heavy atom. The third kappa shape index (κ3) is 7.69. The lowest BCUT2D eigenvalue weighted by Crippen LogP contribution is -2.52. The molecule has 3 aromatic rings. The van der Waals surface area contributed by atoms with Crippen LogP contribution in [0.5, 0.6) is 0 Å². The quantitative estimate of drug-likeness (QED) is 0.304. The Balaban J connectivity index is 1.13. The highest BCUT2D eigenvalue weighted by molar-refractivity contribution is 7.17. The summed E-state index contributed by atoms with van der Waals surface area (Å²) in [5, 5.41) is 5.45. The number of piperazine rings is 1. The Morgan fingerprint density at radius 1 is 1.09 bits per heavy atom. The van der Waals surface area contributed by atoms with Crippen molar-refractivity contribution >= 4 is 62.7 Å². The fourth-order valence-corrected chi connectivity index (χ4v) is 8.26. The van der Waals surface area contributed by atoms with E-state index in [9.17, 15) is 19.2 Å². The molecule has 2 atom stereocenters. The van der Waals surface area contributed by atoms with E-state index >= 15 is 4.39 Å².